The van der Waals surface area contributed by atoms with E-state index in [1.807, 2.05) is 42.2 Å². The van der Waals surface area contributed by atoms with Crippen molar-refractivity contribution in [3.63, 3.8) is 0 Å². The Labute approximate surface area is 130 Å². The molecule has 2 rings (SSSR count). The second-order valence-corrected chi connectivity index (χ2v) is 5.04. The van der Waals surface area contributed by atoms with Gasteiger partial charge >= 0.3 is 5.97 Å². The van der Waals surface area contributed by atoms with Crippen molar-refractivity contribution >= 4 is 11.7 Å². The van der Waals surface area contributed by atoms with Crippen LogP contribution >= 0.6 is 0 Å². The molecule has 0 aliphatic rings. The van der Waals surface area contributed by atoms with E-state index in [2.05, 4.69) is 0 Å². The van der Waals surface area contributed by atoms with Crippen LogP contribution in [0.2, 0.25) is 0 Å². The third kappa shape index (κ3) is 3.89. The number of aliphatic hydroxyl groups excluding tert-OH is 1. The molecular formula is C17H21NO4. The van der Waals surface area contributed by atoms with Crippen LogP contribution < -0.4 is 4.90 Å². The molecule has 0 fully saturated rings. The van der Waals surface area contributed by atoms with Crippen LogP contribution in [-0.4, -0.2) is 30.8 Å². The molecule has 1 atom stereocenters. The largest absolute Gasteiger partial charge is 0.463 e. The number of nitrogens with zero attached hydrogens (tertiary/aromatic N) is 1. The summed E-state index contributed by atoms with van der Waals surface area (Å²) in [5.74, 6) is -0.293. The van der Waals surface area contributed by atoms with Crippen LogP contribution in [0.5, 0.6) is 0 Å². The molecule has 0 aliphatic carbocycles. The van der Waals surface area contributed by atoms with Crippen molar-refractivity contribution in [3.8, 4) is 0 Å². The summed E-state index contributed by atoms with van der Waals surface area (Å²) >= 11 is 0. The smallest absolute Gasteiger partial charge is 0.374 e. The molecule has 0 radical (unpaired) electrons. The number of hydrogen-bond donors (Lipinski definition) is 1. The Morgan fingerprint density at radius 3 is 2.68 bits per heavy atom. The Bertz CT molecular complexity index is 594. The monoisotopic (exact) mass is 303 g/mol. The highest BCUT2D eigenvalue weighted by molar-refractivity contribution is 5.87. The maximum atomic E-state index is 11.7. The van der Waals surface area contributed by atoms with Crippen LogP contribution in [0, 0.1) is 0 Å². The van der Waals surface area contributed by atoms with E-state index in [9.17, 15) is 9.90 Å². The molecular weight excluding hydrogens is 282 g/mol. The van der Waals surface area contributed by atoms with E-state index >= 15 is 0 Å². The van der Waals surface area contributed by atoms with Crippen molar-refractivity contribution in [2.45, 2.75) is 26.0 Å². The first-order valence-corrected chi connectivity index (χ1v) is 7.28. The molecule has 5 heteroatoms. The number of aliphatic hydroxyl groups is 1. The minimum absolute atomic E-state index is 0.203. The van der Waals surface area contributed by atoms with Crippen molar-refractivity contribution in [3.05, 3.63) is 54.0 Å². The molecule has 1 aromatic heterocycles. The predicted octanol–water partition coefficient (Wildman–Crippen LogP) is 2.84. The Morgan fingerprint density at radius 1 is 1.32 bits per heavy atom. The SMILES string of the molecule is CCC(O)CN(Cc1ccoc1C(=O)OC)c1ccccc1. The molecule has 0 bridgehead atoms. The average Bonchev–Trinajstić information content (AvgIpc) is 3.02. The van der Waals surface area contributed by atoms with Gasteiger partial charge in [-0.05, 0) is 24.6 Å². The minimum Gasteiger partial charge on any atom is -0.463 e. The zero-order chi connectivity index (χ0) is 15.9. The van der Waals surface area contributed by atoms with Gasteiger partial charge in [0.2, 0.25) is 5.76 Å². The van der Waals surface area contributed by atoms with Crippen molar-refractivity contribution in [2.75, 3.05) is 18.6 Å². The lowest BCUT2D eigenvalue weighted by Gasteiger charge is -2.26. The van der Waals surface area contributed by atoms with Gasteiger partial charge in [0.15, 0.2) is 0 Å². The molecule has 0 saturated carbocycles. The Balaban J connectivity index is 2.23. The first kappa shape index (κ1) is 16.1. The summed E-state index contributed by atoms with van der Waals surface area (Å²) in [5, 5.41) is 9.99. The van der Waals surface area contributed by atoms with Crippen molar-refractivity contribution < 1.29 is 19.1 Å². The molecule has 1 unspecified atom stereocenters. The molecule has 118 valence electrons. The predicted molar refractivity (Wildman–Crippen MR) is 83.8 cm³/mol. The molecule has 0 aliphatic heterocycles. The van der Waals surface area contributed by atoms with E-state index in [0.717, 1.165) is 11.3 Å². The average molecular weight is 303 g/mol. The number of furan rings is 1. The van der Waals surface area contributed by atoms with Crippen molar-refractivity contribution in [1.82, 2.24) is 0 Å². The fourth-order valence-corrected chi connectivity index (χ4v) is 2.22. The number of carbonyl (C=O) groups excluding carboxylic acids is 1. The minimum atomic E-state index is -0.496. The van der Waals surface area contributed by atoms with Crippen LogP contribution in [0.4, 0.5) is 5.69 Å². The lowest BCUT2D eigenvalue weighted by molar-refractivity contribution is 0.0563. The highest BCUT2D eigenvalue weighted by Gasteiger charge is 2.19. The van der Waals surface area contributed by atoms with E-state index in [4.69, 9.17) is 9.15 Å². The summed E-state index contributed by atoms with van der Waals surface area (Å²) < 4.78 is 9.95. The topological polar surface area (TPSA) is 62.9 Å². The molecule has 0 saturated heterocycles. The van der Waals surface area contributed by atoms with E-state index < -0.39 is 12.1 Å². The second-order valence-electron chi connectivity index (χ2n) is 5.04. The zero-order valence-electron chi connectivity index (χ0n) is 12.9. The maximum absolute atomic E-state index is 11.7. The number of hydrogen-bond acceptors (Lipinski definition) is 5. The quantitative estimate of drug-likeness (QED) is 0.797. The third-order valence-corrected chi connectivity index (χ3v) is 3.50. The van der Waals surface area contributed by atoms with Gasteiger partial charge in [-0.1, -0.05) is 25.1 Å². The standard InChI is InChI=1S/C17H21NO4/c1-3-15(19)12-18(14-7-5-4-6-8-14)11-13-9-10-22-16(13)17(20)21-2/h4-10,15,19H,3,11-12H2,1-2H3. The van der Waals surface area contributed by atoms with Gasteiger partial charge in [-0.25, -0.2) is 4.79 Å². The van der Waals surface area contributed by atoms with Crippen LogP contribution in [-0.2, 0) is 11.3 Å². The van der Waals surface area contributed by atoms with Crippen LogP contribution in [0.15, 0.2) is 47.1 Å². The Morgan fingerprint density at radius 2 is 2.05 bits per heavy atom. The van der Waals surface area contributed by atoms with Gasteiger partial charge in [-0.3, -0.25) is 0 Å². The molecule has 22 heavy (non-hydrogen) atoms. The lowest BCUT2D eigenvalue weighted by atomic mass is 10.1. The molecule has 5 nitrogen and oxygen atoms in total. The number of rotatable bonds is 7. The zero-order valence-corrected chi connectivity index (χ0v) is 12.9. The highest BCUT2D eigenvalue weighted by atomic mass is 16.5. The van der Waals surface area contributed by atoms with E-state index in [1.165, 1.54) is 13.4 Å². The van der Waals surface area contributed by atoms with Gasteiger partial charge in [0.25, 0.3) is 0 Å². The van der Waals surface area contributed by atoms with Gasteiger partial charge in [-0.15, -0.1) is 0 Å². The normalized spacial score (nSPS) is 12.0. The van der Waals surface area contributed by atoms with Gasteiger partial charge in [0.1, 0.15) is 0 Å². The third-order valence-electron chi connectivity index (χ3n) is 3.50. The molecule has 0 amide bonds. The summed E-state index contributed by atoms with van der Waals surface area (Å²) in [6.07, 6.45) is 1.70. The fraction of sp³-hybridized carbons (Fsp3) is 0.353. The van der Waals surface area contributed by atoms with Gasteiger partial charge < -0.3 is 19.2 Å². The lowest BCUT2D eigenvalue weighted by Crippen LogP contribution is -2.32. The van der Waals surface area contributed by atoms with Crippen LogP contribution in [0.1, 0.15) is 29.5 Å². The molecule has 2 aromatic rings. The maximum Gasteiger partial charge on any atom is 0.374 e. The number of benzene rings is 1. The van der Waals surface area contributed by atoms with Gasteiger partial charge in [0.05, 0.1) is 19.5 Å². The van der Waals surface area contributed by atoms with Crippen LogP contribution in [0.3, 0.4) is 0 Å². The number of anilines is 1. The van der Waals surface area contributed by atoms with Gasteiger partial charge in [0, 0.05) is 24.3 Å². The Hall–Kier alpha value is -2.27. The van der Waals surface area contributed by atoms with E-state index in [1.54, 1.807) is 6.07 Å². The van der Waals surface area contributed by atoms with Crippen molar-refractivity contribution in [1.29, 1.82) is 0 Å². The number of methoxy groups -OCH3 is 1. The molecule has 1 N–H and O–H groups in total. The van der Waals surface area contributed by atoms with Gasteiger partial charge in [-0.2, -0.15) is 0 Å². The fourth-order valence-electron chi connectivity index (χ4n) is 2.22. The van der Waals surface area contributed by atoms with Crippen molar-refractivity contribution in [2.24, 2.45) is 0 Å². The summed E-state index contributed by atoms with van der Waals surface area (Å²) in [7, 11) is 1.32. The summed E-state index contributed by atoms with van der Waals surface area (Å²) in [6.45, 7) is 2.87. The number of para-hydroxylation sites is 1. The number of ether oxygens (including phenoxy) is 1. The summed E-state index contributed by atoms with van der Waals surface area (Å²) in [4.78, 5) is 13.7. The first-order chi connectivity index (χ1) is 10.7. The second kappa shape index (κ2) is 7.66. The molecule has 1 aromatic carbocycles. The Kier molecular flexibility index (Phi) is 5.61. The summed E-state index contributed by atoms with van der Waals surface area (Å²) in [5.41, 5.74) is 1.71. The highest BCUT2D eigenvalue weighted by Crippen LogP contribution is 2.21. The van der Waals surface area contributed by atoms with E-state index in [-0.39, 0.29) is 5.76 Å². The number of carbonyl (C=O) groups is 1. The molecule has 1 heterocycles. The van der Waals surface area contributed by atoms with Crippen LogP contribution in [0.25, 0.3) is 0 Å². The van der Waals surface area contributed by atoms with E-state index in [0.29, 0.717) is 19.5 Å². The first-order valence-electron chi connectivity index (χ1n) is 7.28. The summed E-state index contributed by atoms with van der Waals surface area (Å²) in [6, 6.07) is 11.5. The number of esters is 1. The molecule has 0 spiro atoms.